The third kappa shape index (κ3) is 4.34. The summed E-state index contributed by atoms with van der Waals surface area (Å²) in [5.74, 6) is 0.0727. The van der Waals surface area contributed by atoms with Crippen molar-refractivity contribution >= 4 is 5.95 Å². The molecular formula is C13H17N5O2. The highest BCUT2D eigenvalue weighted by atomic mass is 16.5. The molecule has 0 spiro atoms. The van der Waals surface area contributed by atoms with Crippen molar-refractivity contribution in [2.45, 2.75) is 26.4 Å². The third-order valence-electron chi connectivity index (χ3n) is 2.27. The summed E-state index contributed by atoms with van der Waals surface area (Å²) in [5.41, 5.74) is 6.52. The van der Waals surface area contributed by atoms with Crippen LogP contribution in [0.15, 0.2) is 24.4 Å². The highest BCUT2D eigenvalue weighted by Crippen LogP contribution is 2.12. The summed E-state index contributed by atoms with van der Waals surface area (Å²) >= 11 is 0. The quantitative estimate of drug-likeness (QED) is 0.847. The maximum atomic E-state index is 5.58. The second-order valence-electron chi connectivity index (χ2n) is 4.34. The Labute approximate surface area is 117 Å². The maximum Gasteiger partial charge on any atom is 0.324 e. The predicted octanol–water partition coefficient (Wildman–Crippen LogP) is 1.26. The summed E-state index contributed by atoms with van der Waals surface area (Å²) in [6.07, 6.45) is 2.36. The van der Waals surface area contributed by atoms with E-state index in [2.05, 4.69) is 19.9 Å². The highest BCUT2D eigenvalue weighted by Gasteiger charge is 2.08. The molecule has 0 atom stereocenters. The Morgan fingerprint density at radius 2 is 1.95 bits per heavy atom. The van der Waals surface area contributed by atoms with E-state index in [4.69, 9.17) is 15.2 Å². The zero-order valence-electron chi connectivity index (χ0n) is 11.5. The van der Waals surface area contributed by atoms with Gasteiger partial charge in [-0.05, 0) is 26.0 Å². The van der Waals surface area contributed by atoms with Crippen LogP contribution in [0.1, 0.15) is 19.5 Å². The van der Waals surface area contributed by atoms with Crippen molar-refractivity contribution in [3.8, 4) is 12.0 Å². The number of ether oxygens (including phenoxy) is 2. The predicted molar refractivity (Wildman–Crippen MR) is 73.4 cm³/mol. The average molecular weight is 275 g/mol. The van der Waals surface area contributed by atoms with Gasteiger partial charge in [0.1, 0.15) is 0 Å². The SMILES string of the molecule is CC(C)Oc1nc(N)nc(OCCc2ccccn2)n1. The number of pyridine rings is 1. The van der Waals surface area contributed by atoms with E-state index in [0.29, 0.717) is 13.0 Å². The molecule has 106 valence electrons. The summed E-state index contributed by atoms with van der Waals surface area (Å²) in [6, 6.07) is 6.05. The van der Waals surface area contributed by atoms with E-state index in [9.17, 15) is 0 Å². The number of anilines is 1. The maximum absolute atomic E-state index is 5.58. The van der Waals surface area contributed by atoms with Crippen molar-refractivity contribution in [3.63, 3.8) is 0 Å². The van der Waals surface area contributed by atoms with Gasteiger partial charge in [-0.15, -0.1) is 4.98 Å². The van der Waals surface area contributed by atoms with E-state index in [1.54, 1.807) is 6.20 Å². The fourth-order valence-corrected chi connectivity index (χ4v) is 1.47. The smallest absolute Gasteiger partial charge is 0.324 e. The first kappa shape index (κ1) is 14.0. The first-order valence-electron chi connectivity index (χ1n) is 6.34. The minimum Gasteiger partial charge on any atom is -0.463 e. The molecule has 0 aliphatic heterocycles. The van der Waals surface area contributed by atoms with E-state index in [1.807, 2.05) is 32.0 Å². The van der Waals surface area contributed by atoms with E-state index in [0.717, 1.165) is 5.69 Å². The number of nitrogen functional groups attached to an aromatic ring is 1. The summed E-state index contributed by atoms with van der Waals surface area (Å²) < 4.78 is 10.8. The van der Waals surface area contributed by atoms with Crippen LogP contribution in [-0.4, -0.2) is 32.6 Å². The molecule has 20 heavy (non-hydrogen) atoms. The molecule has 0 fully saturated rings. The van der Waals surface area contributed by atoms with Crippen molar-refractivity contribution in [2.75, 3.05) is 12.3 Å². The largest absolute Gasteiger partial charge is 0.463 e. The Kier molecular flexibility index (Phi) is 4.65. The molecule has 7 nitrogen and oxygen atoms in total. The Hall–Kier alpha value is -2.44. The molecule has 0 radical (unpaired) electrons. The van der Waals surface area contributed by atoms with Crippen molar-refractivity contribution in [1.29, 1.82) is 0 Å². The van der Waals surface area contributed by atoms with Crippen LogP contribution in [0, 0.1) is 0 Å². The van der Waals surface area contributed by atoms with Gasteiger partial charge >= 0.3 is 12.0 Å². The molecule has 2 heterocycles. The molecule has 0 amide bonds. The van der Waals surface area contributed by atoms with Gasteiger partial charge in [-0.2, -0.15) is 9.97 Å². The molecule has 7 heteroatoms. The van der Waals surface area contributed by atoms with Gasteiger partial charge in [0, 0.05) is 18.3 Å². The molecule has 0 aliphatic carbocycles. The Balaban J connectivity index is 1.93. The third-order valence-corrected chi connectivity index (χ3v) is 2.27. The van der Waals surface area contributed by atoms with Crippen LogP contribution in [0.3, 0.4) is 0 Å². The molecule has 0 unspecified atom stereocenters. The van der Waals surface area contributed by atoms with Crippen LogP contribution in [-0.2, 0) is 6.42 Å². The van der Waals surface area contributed by atoms with Crippen molar-refractivity contribution in [3.05, 3.63) is 30.1 Å². The number of rotatable bonds is 6. The zero-order chi connectivity index (χ0) is 14.4. The lowest BCUT2D eigenvalue weighted by atomic mass is 10.3. The lowest BCUT2D eigenvalue weighted by Crippen LogP contribution is -2.12. The molecule has 0 saturated heterocycles. The van der Waals surface area contributed by atoms with Crippen molar-refractivity contribution in [2.24, 2.45) is 0 Å². The molecule has 0 saturated carbocycles. The Bertz CT molecular complexity index is 548. The second-order valence-corrected chi connectivity index (χ2v) is 4.34. The summed E-state index contributed by atoms with van der Waals surface area (Å²) in [4.78, 5) is 16.0. The standard InChI is InChI=1S/C13H17N5O2/c1-9(2)20-13-17-11(14)16-12(18-13)19-8-6-10-5-3-4-7-15-10/h3-5,7,9H,6,8H2,1-2H3,(H2,14,16,17,18). The Morgan fingerprint density at radius 3 is 2.65 bits per heavy atom. The average Bonchev–Trinajstić information content (AvgIpc) is 2.38. The second kappa shape index (κ2) is 6.65. The van der Waals surface area contributed by atoms with Crippen LogP contribution in [0.4, 0.5) is 5.95 Å². The molecular weight excluding hydrogens is 258 g/mol. The van der Waals surface area contributed by atoms with Gasteiger partial charge < -0.3 is 15.2 Å². The van der Waals surface area contributed by atoms with Crippen LogP contribution < -0.4 is 15.2 Å². The minimum atomic E-state index is -0.0434. The van der Waals surface area contributed by atoms with E-state index < -0.39 is 0 Å². The molecule has 0 aliphatic rings. The van der Waals surface area contributed by atoms with Gasteiger partial charge in [0.25, 0.3) is 0 Å². The van der Waals surface area contributed by atoms with Gasteiger partial charge in [-0.3, -0.25) is 4.98 Å². The molecule has 0 aromatic carbocycles. The molecule has 0 bridgehead atoms. The fraction of sp³-hybridized carbons (Fsp3) is 0.385. The van der Waals surface area contributed by atoms with Crippen LogP contribution in [0.5, 0.6) is 12.0 Å². The topological polar surface area (TPSA) is 96.0 Å². The number of hydrogen-bond donors (Lipinski definition) is 1. The van der Waals surface area contributed by atoms with Crippen LogP contribution in [0.2, 0.25) is 0 Å². The van der Waals surface area contributed by atoms with E-state index >= 15 is 0 Å². The van der Waals surface area contributed by atoms with Crippen molar-refractivity contribution in [1.82, 2.24) is 19.9 Å². The van der Waals surface area contributed by atoms with E-state index in [-0.39, 0.29) is 24.1 Å². The van der Waals surface area contributed by atoms with Crippen LogP contribution in [0.25, 0.3) is 0 Å². The Morgan fingerprint density at radius 1 is 1.15 bits per heavy atom. The number of nitrogens with two attached hydrogens (primary N) is 1. The van der Waals surface area contributed by atoms with Gasteiger partial charge in [0.05, 0.1) is 12.7 Å². The molecule has 2 rings (SSSR count). The first-order chi connectivity index (χ1) is 9.63. The summed E-state index contributed by atoms with van der Waals surface area (Å²) in [7, 11) is 0. The van der Waals surface area contributed by atoms with Gasteiger partial charge in [0.2, 0.25) is 5.95 Å². The number of aromatic nitrogens is 4. The minimum absolute atomic E-state index is 0.0434. The first-order valence-corrected chi connectivity index (χ1v) is 6.34. The van der Waals surface area contributed by atoms with Gasteiger partial charge in [-0.25, -0.2) is 0 Å². The van der Waals surface area contributed by atoms with Gasteiger partial charge in [-0.1, -0.05) is 6.07 Å². The van der Waals surface area contributed by atoms with Crippen molar-refractivity contribution < 1.29 is 9.47 Å². The highest BCUT2D eigenvalue weighted by molar-refractivity contribution is 5.20. The normalized spacial score (nSPS) is 10.6. The number of hydrogen-bond acceptors (Lipinski definition) is 7. The summed E-state index contributed by atoms with van der Waals surface area (Å²) in [6.45, 7) is 4.16. The molecule has 2 N–H and O–H groups in total. The lowest BCUT2D eigenvalue weighted by Gasteiger charge is -2.09. The number of nitrogens with zero attached hydrogens (tertiary/aromatic N) is 4. The molecule has 2 aromatic heterocycles. The molecule has 2 aromatic rings. The fourth-order valence-electron chi connectivity index (χ4n) is 1.47. The monoisotopic (exact) mass is 275 g/mol. The lowest BCUT2D eigenvalue weighted by molar-refractivity contribution is 0.213. The van der Waals surface area contributed by atoms with Gasteiger partial charge in [0.15, 0.2) is 0 Å². The van der Waals surface area contributed by atoms with E-state index in [1.165, 1.54) is 0 Å². The van der Waals surface area contributed by atoms with Crippen LogP contribution >= 0.6 is 0 Å². The summed E-state index contributed by atoms with van der Waals surface area (Å²) in [5, 5.41) is 0. The zero-order valence-corrected chi connectivity index (χ0v) is 11.5.